The lowest BCUT2D eigenvalue weighted by Crippen LogP contribution is -2.25. The third kappa shape index (κ3) is 5.12. The molecule has 7 heteroatoms. The molecule has 0 spiro atoms. The van der Waals surface area contributed by atoms with Gasteiger partial charge in [0.05, 0.1) is 0 Å². The Morgan fingerprint density at radius 2 is 2.18 bits per heavy atom. The highest BCUT2D eigenvalue weighted by Gasteiger charge is 2.13. The van der Waals surface area contributed by atoms with Crippen LogP contribution in [-0.4, -0.2) is 33.7 Å². The maximum absolute atomic E-state index is 11.8. The van der Waals surface area contributed by atoms with E-state index in [1.165, 1.54) is 18.5 Å². The van der Waals surface area contributed by atoms with Crippen LogP contribution in [0.3, 0.4) is 0 Å². The molecule has 1 heterocycles. The van der Waals surface area contributed by atoms with E-state index in [-0.39, 0.29) is 4.90 Å². The van der Waals surface area contributed by atoms with Gasteiger partial charge in [0.2, 0.25) is 10.0 Å². The number of halogens is 1. The number of ether oxygens (including phenoxy) is 1. The maximum atomic E-state index is 11.8. The summed E-state index contributed by atoms with van der Waals surface area (Å²) in [5.41, 5.74) is 0. The second-order valence-corrected chi connectivity index (χ2v) is 6.12. The van der Waals surface area contributed by atoms with Gasteiger partial charge in [0, 0.05) is 37.1 Å². The predicted octanol–water partition coefficient (Wildman–Crippen LogP) is 1.55. The number of sulfonamides is 1. The van der Waals surface area contributed by atoms with Crippen molar-refractivity contribution in [2.24, 2.45) is 0 Å². The number of hydrogen-bond acceptors (Lipinski definition) is 4. The highest BCUT2D eigenvalue weighted by atomic mass is 79.9. The number of unbranched alkanes of at least 4 members (excludes halogenated alkanes) is 1. The molecule has 5 nitrogen and oxygen atoms in total. The van der Waals surface area contributed by atoms with Crippen LogP contribution in [0, 0.1) is 0 Å². The minimum atomic E-state index is -3.45. The maximum Gasteiger partial charge on any atom is 0.242 e. The molecule has 0 radical (unpaired) electrons. The van der Waals surface area contributed by atoms with Crippen molar-refractivity contribution in [1.29, 1.82) is 0 Å². The Hall–Kier alpha value is -0.500. The van der Waals surface area contributed by atoms with Crippen LogP contribution in [0.1, 0.15) is 12.8 Å². The summed E-state index contributed by atoms with van der Waals surface area (Å²) in [5, 5.41) is 0. The first-order valence-corrected chi connectivity index (χ1v) is 7.43. The summed E-state index contributed by atoms with van der Waals surface area (Å²) in [5.74, 6) is 0. The van der Waals surface area contributed by atoms with Gasteiger partial charge in [-0.25, -0.2) is 13.1 Å². The molecule has 1 N–H and O–H groups in total. The van der Waals surface area contributed by atoms with Gasteiger partial charge in [-0.15, -0.1) is 0 Å². The fraction of sp³-hybridized carbons (Fsp3) is 0.500. The molecular weight excluding hydrogens is 308 g/mol. The second kappa shape index (κ2) is 7.05. The van der Waals surface area contributed by atoms with Crippen LogP contribution < -0.4 is 4.72 Å². The van der Waals surface area contributed by atoms with Crippen molar-refractivity contribution in [3.63, 3.8) is 0 Å². The molecule has 17 heavy (non-hydrogen) atoms. The van der Waals surface area contributed by atoms with Crippen molar-refractivity contribution in [3.05, 3.63) is 22.9 Å². The summed E-state index contributed by atoms with van der Waals surface area (Å²) in [6.45, 7) is 1.04. The molecule has 96 valence electrons. The fourth-order valence-corrected chi connectivity index (χ4v) is 2.78. The molecule has 0 bridgehead atoms. The van der Waals surface area contributed by atoms with Crippen LogP contribution in [0.15, 0.2) is 27.8 Å². The fourth-order valence-electron chi connectivity index (χ4n) is 1.20. The van der Waals surface area contributed by atoms with Crippen molar-refractivity contribution < 1.29 is 13.2 Å². The van der Waals surface area contributed by atoms with E-state index in [9.17, 15) is 8.42 Å². The van der Waals surface area contributed by atoms with E-state index < -0.39 is 10.0 Å². The van der Waals surface area contributed by atoms with Gasteiger partial charge >= 0.3 is 0 Å². The smallest absolute Gasteiger partial charge is 0.242 e. The minimum Gasteiger partial charge on any atom is -0.385 e. The quantitative estimate of drug-likeness (QED) is 0.773. The van der Waals surface area contributed by atoms with E-state index >= 15 is 0 Å². The molecule has 0 saturated carbocycles. The Morgan fingerprint density at radius 1 is 1.41 bits per heavy atom. The van der Waals surface area contributed by atoms with Gasteiger partial charge in [-0.05, 0) is 34.8 Å². The van der Waals surface area contributed by atoms with Gasteiger partial charge in [-0.3, -0.25) is 4.98 Å². The zero-order chi connectivity index (χ0) is 12.7. The molecule has 0 aromatic carbocycles. The topological polar surface area (TPSA) is 68.3 Å². The van der Waals surface area contributed by atoms with Gasteiger partial charge in [-0.2, -0.15) is 0 Å². The molecular formula is C10H15BrN2O3S. The molecule has 0 aliphatic heterocycles. The van der Waals surface area contributed by atoms with Crippen molar-refractivity contribution in [2.45, 2.75) is 17.7 Å². The number of pyridine rings is 1. The Morgan fingerprint density at radius 3 is 2.82 bits per heavy atom. The van der Waals surface area contributed by atoms with E-state index in [0.29, 0.717) is 17.6 Å². The Balaban J connectivity index is 2.51. The highest BCUT2D eigenvalue weighted by molar-refractivity contribution is 9.10. The Labute approximate surface area is 110 Å². The predicted molar refractivity (Wildman–Crippen MR) is 68.2 cm³/mol. The van der Waals surface area contributed by atoms with Gasteiger partial charge < -0.3 is 4.74 Å². The standard InChI is InChI=1S/C10H15BrN2O3S/c1-16-5-3-2-4-13-17(14,15)10-6-9(11)7-12-8-10/h6-8,13H,2-5H2,1H3. The van der Waals surface area contributed by atoms with Crippen molar-refractivity contribution >= 4 is 26.0 Å². The molecule has 0 atom stereocenters. The third-order valence-corrected chi connectivity index (χ3v) is 3.92. The molecule has 0 fully saturated rings. The van der Waals surface area contributed by atoms with E-state index in [1.807, 2.05) is 0 Å². The number of rotatable bonds is 7. The number of hydrogen-bond donors (Lipinski definition) is 1. The van der Waals surface area contributed by atoms with Crippen molar-refractivity contribution in [3.8, 4) is 0 Å². The molecule has 0 amide bonds. The van der Waals surface area contributed by atoms with Crippen molar-refractivity contribution in [1.82, 2.24) is 9.71 Å². The summed E-state index contributed by atoms with van der Waals surface area (Å²) in [6, 6.07) is 1.52. The van der Waals surface area contributed by atoms with Crippen LogP contribution in [0.5, 0.6) is 0 Å². The molecule has 0 saturated heterocycles. The number of nitrogens with one attached hydrogen (secondary N) is 1. The average Bonchev–Trinajstić information content (AvgIpc) is 2.29. The molecule has 0 aliphatic carbocycles. The molecule has 1 aromatic rings. The molecule has 0 aliphatic rings. The van der Waals surface area contributed by atoms with Gasteiger partial charge in [-0.1, -0.05) is 0 Å². The van der Waals surface area contributed by atoms with Crippen LogP contribution in [0.25, 0.3) is 0 Å². The SMILES string of the molecule is COCCCCNS(=O)(=O)c1cncc(Br)c1. The molecule has 1 aromatic heterocycles. The van der Waals surface area contributed by atoms with E-state index in [0.717, 1.165) is 12.8 Å². The van der Waals surface area contributed by atoms with Crippen LogP contribution >= 0.6 is 15.9 Å². The summed E-state index contributed by atoms with van der Waals surface area (Å²) in [4.78, 5) is 3.99. The molecule has 1 rings (SSSR count). The summed E-state index contributed by atoms with van der Waals surface area (Å²) < 4.78 is 31.7. The summed E-state index contributed by atoms with van der Waals surface area (Å²) in [6.07, 6.45) is 4.43. The van der Waals surface area contributed by atoms with Gasteiger partial charge in [0.1, 0.15) is 4.90 Å². The first-order chi connectivity index (χ1) is 8.06. The largest absolute Gasteiger partial charge is 0.385 e. The average molecular weight is 323 g/mol. The minimum absolute atomic E-state index is 0.165. The van der Waals surface area contributed by atoms with Gasteiger partial charge in [0.15, 0.2) is 0 Å². The van der Waals surface area contributed by atoms with E-state index in [4.69, 9.17) is 4.74 Å². The lowest BCUT2D eigenvalue weighted by Gasteiger charge is -2.06. The van der Waals surface area contributed by atoms with Crippen LogP contribution in [-0.2, 0) is 14.8 Å². The number of nitrogens with zero attached hydrogens (tertiary/aromatic N) is 1. The molecule has 0 unspecified atom stereocenters. The lowest BCUT2D eigenvalue weighted by atomic mass is 10.3. The lowest BCUT2D eigenvalue weighted by molar-refractivity contribution is 0.193. The second-order valence-electron chi connectivity index (χ2n) is 3.44. The first-order valence-electron chi connectivity index (χ1n) is 5.15. The third-order valence-electron chi connectivity index (χ3n) is 2.06. The van der Waals surface area contributed by atoms with Crippen molar-refractivity contribution in [2.75, 3.05) is 20.3 Å². The van der Waals surface area contributed by atoms with Gasteiger partial charge in [0.25, 0.3) is 0 Å². The van der Waals surface area contributed by atoms with E-state index in [1.54, 1.807) is 7.11 Å². The zero-order valence-electron chi connectivity index (χ0n) is 9.52. The normalized spacial score (nSPS) is 11.6. The number of aromatic nitrogens is 1. The Kier molecular flexibility index (Phi) is 6.04. The Bertz CT molecular complexity index is 451. The van der Waals surface area contributed by atoms with Crippen LogP contribution in [0.2, 0.25) is 0 Å². The van der Waals surface area contributed by atoms with E-state index in [2.05, 4.69) is 25.6 Å². The monoisotopic (exact) mass is 322 g/mol. The summed E-state index contributed by atoms with van der Waals surface area (Å²) in [7, 11) is -1.83. The first kappa shape index (κ1) is 14.6. The highest BCUT2D eigenvalue weighted by Crippen LogP contribution is 2.13. The number of methoxy groups -OCH3 is 1. The van der Waals surface area contributed by atoms with Crippen LogP contribution in [0.4, 0.5) is 0 Å². The zero-order valence-corrected chi connectivity index (χ0v) is 11.9. The summed E-state index contributed by atoms with van der Waals surface area (Å²) >= 11 is 3.19.